The Morgan fingerprint density at radius 3 is 2.52 bits per heavy atom. The smallest absolute Gasteiger partial charge is 0.240 e. The van der Waals surface area contributed by atoms with Crippen LogP contribution in [0.4, 0.5) is 5.69 Å². The van der Waals surface area contributed by atoms with Crippen molar-refractivity contribution in [2.45, 2.75) is 40.0 Å². The molecule has 2 rings (SSSR count). The lowest BCUT2D eigenvalue weighted by molar-refractivity contribution is -0.124. The van der Waals surface area contributed by atoms with Crippen LogP contribution >= 0.6 is 11.6 Å². The largest absolute Gasteiger partial charge is 0.490 e. The molecule has 0 bridgehead atoms. The van der Waals surface area contributed by atoms with Gasteiger partial charge in [0.2, 0.25) is 11.8 Å². The summed E-state index contributed by atoms with van der Waals surface area (Å²) in [4.78, 5) is 24.0. The van der Waals surface area contributed by atoms with Crippen molar-refractivity contribution in [1.82, 2.24) is 5.43 Å². The maximum atomic E-state index is 12.0. The normalized spacial score (nSPS) is 10.7. The van der Waals surface area contributed by atoms with Crippen molar-refractivity contribution in [3.05, 3.63) is 52.5 Å². The lowest BCUT2D eigenvalue weighted by Gasteiger charge is -2.11. The third-order valence-electron chi connectivity index (χ3n) is 4.17. The highest BCUT2D eigenvalue weighted by Gasteiger charge is 2.08. The van der Waals surface area contributed by atoms with Crippen molar-refractivity contribution in [3.8, 4) is 11.5 Å². The van der Waals surface area contributed by atoms with Crippen LogP contribution in [0.25, 0.3) is 0 Å². The fourth-order valence-electron chi connectivity index (χ4n) is 2.56. The molecule has 0 aromatic heterocycles. The van der Waals surface area contributed by atoms with Gasteiger partial charge in [-0.05, 0) is 61.7 Å². The number of ether oxygens (including phenoxy) is 2. The number of rotatable bonds is 11. The Morgan fingerprint density at radius 1 is 1.03 bits per heavy atom. The summed E-state index contributed by atoms with van der Waals surface area (Å²) in [5.41, 5.74) is 4.69. The molecule has 2 aromatic carbocycles. The summed E-state index contributed by atoms with van der Waals surface area (Å²) >= 11 is 6.04. The second-order valence-electron chi connectivity index (χ2n) is 6.79. The molecule has 0 aliphatic carbocycles. The minimum Gasteiger partial charge on any atom is -0.490 e. The van der Waals surface area contributed by atoms with Crippen LogP contribution in [-0.4, -0.2) is 31.2 Å². The van der Waals surface area contributed by atoms with Crippen LogP contribution in [0.2, 0.25) is 5.02 Å². The molecule has 0 spiro atoms. The Labute approximate surface area is 187 Å². The number of halogens is 1. The number of hydrogen-bond acceptors (Lipinski definition) is 5. The third-order valence-corrected chi connectivity index (χ3v) is 4.57. The molecule has 166 valence electrons. The molecule has 0 saturated heterocycles. The molecule has 2 amide bonds. The number of hydrazone groups is 1. The highest BCUT2D eigenvalue weighted by atomic mass is 35.5. The van der Waals surface area contributed by atoms with E-state index in [-0.39, 0.29) is 24.7 Å². The van der Waals surface area contributed by atoms with Gasteiger partial charge < -0.3 is 14.8 Å². The lowest BCUT2D eigenvalue weighted by Crippen LogP contribution is -2.20. The molecule has 0 radical (unpaired) electrons. The molecule has 0 aliphatic rings. The highest BCUT2D eigenvalue weighted by Crippen LogP contribution is 2.28. The van der Waals surface area contributed by atoms with Gasteiger partial charge in [0.25, 0.3) is 0 Å². The Hall–Kier alpha value is -3.06. The van der Waals surface area contributed by atoms with Gasteiger partial charge in [0.15, 0.2) is 11.5 Å². The van der Waals surface area contributed by atoms with E-state index in [9.17, 15) is 9.59 Å². The zero-order valence-corrected chi connectivity index (χ0v) is 18.8. The predicted molar refractivity (Wildman–Crippen MR) is 123 cm³/mol. The summed E-state index contributed by atoms with van der Waals surface area (Å²) in [7, 11) is 0. The first-order valence-electron chi connectivity index (χ1n) is 10.2. The van der Waals surface area contributed by atoms with E-state index >= 15 is 0 Å². The van der Waals surface area contributed by atoms with Gasteiger partial charge in [-0.25, -0.2) is 5.43 Å². The van der Waals surface area contributed by atoms with Crippen molar-refractivity contribution in [1.29, 1.82) is 0 Å². The van der Waals surface area contributed by atoms with Gasteiger partial charge in [0.1, 0.15) is 0 Å². The van der Waals surface area contributed by atoms with E-state index in [1.54, 1.807) is 18.2 Å². The molecule has 7 nitrogen and oxygen atoms in total. The van der Waals surface area contributed by atoms with Gasteiger partial charge in [-0.3, -0.25) is 9.59 Å². The zero-order chi connectivity index (χ0) is 22.6. The molecule has 31 heavy (non-hydrogen) atoms. The Morgan fingerprint density at radius 2 is 1.81 bits per heavy atom. The Kier molecular flexibility index (Phi) is 9.84. The monoisotopic (exact) mass is 445 g/mol. The fraction of sp³-hybridized carbons (Fsp3) is 0.348. The minimum absolute atomic E-state index is 0.0107. The number of carbonyl (C=O) groups is 2. The quantitative estimate of drug-likeness (QED) is 0.387. The van der Waals surface area contributed by atoms with Gasteiger partial charge in [0.05, 0.1) is 19.4 Å². The summed E-state index contributed by atoms with van der Waals surface area (Å²) in [6.07, 6.45) is 2.46. The maximum absolute atomic E-state index is 12.0. The SMILES string of the molecule is CCCOc1ccc(C=NNC(=O)CCC(=O)Nc2ccc(C)c(Cl)c2)cc1OCC. The van der Waals surface area contributed by atoms with Gasteiger partial charge in [-0.15, -0.1) is 0 Å². The second-order valence-corrected chi connectivity index (χ2v) is 7.20. The van der Waals surface area contributed by atoms with Crippen LogP contribution in [0.3, 0.4) is 0 Å². The van der Waals surface area contributed by atoms with Crippen LogP contribution in [0.1, 0.15) is 44.2 Å². The van der Waals surface area contributed by atoms with Crippen molar-refractivity contribution in [2.24, 2.45) is 5.10 Å². The summed E-state index contributed by atoms with van der Waals surface area (Å²) in [5, 5.41) is 7.24. The van der Waals surface area contributed by atoms with Crippen LogP contribution < -0.4 is 20.2 Å². The first-order chi connectivity index (χ1) is 14.9. The maximum Gasteiger partial charge on any atom is 0.240 e. The molecular weight excluding hydrogens is 418 g/mol. The number of amides is 2. The van der Waals surface area contributed by atoms with Crippen LogP contribution in [0.15, 0.2) is 41.5 Å². The van der Waals surface area contributed by atoms with Gasteiger partial charge >= 0.3 is 0 Å². The third kappa shape index (κ3) is 8.30. The second kappa shape index (κ2) is 12.6. The first kappa shape index (κ1) is 24.2. The van der Waals surface area contributed by atoms with Crippen molar-refractivity contribution >= 4 is 35.3 Å². The molecule has 2 aromatic rings. The van der Waals surface area contributed by atoms with E-state index in [4.69, 9.17) is 21.1 Å². The standard InChI is InChI=1S/C23H28ClN3O4/c1-4-12-31-20-9-7-17(13-21(20)30-5-2)15-25-27-23(29)11-10-22(28)26-18-8-6-16(3)19(24)14-18/h6-9,13-15H,4-5,10-12H2,1-3H3,(H,26,28)(H,27,29). The van der Waals surface area contributed by atoms with Gasteiger partial charge in [-0.2, -0.15) is 5.10 Å². The number of hydrogen-bond donors (Lipinski definition) is 2. The molecule has 0 aliphatic heterocycles. The van der Waals surface area contributed by atoms with E-state index < -0.39 is 0 Å². The molecule has 0 fully saturated rings. The molecule has 0 atom stereocenters. The minimum atomic E-state index is -0.360. The Bertz CT molecular complexity index is 931. The summed E-state index contributed by atoms with van der Waals surface area (Å²) in [6.45, 7) is 6.93. The van der Waals surface area contributed by atoms with Gasteiger partial charge in [-0.1, -0.05) is 24.6 Å². The number of nitrogens with zero attached hydrogens (tertiary/aromatic N) is 1. The molecule has 8 heteroatoms. The van der Waals surface area contributed by atoms with E-state index in [0.717, 1.165) is 17.5 Å². The number of benzene rings is 2. The molecule has 0 heterocycles. The van der Waals surface area contributed by atoms with E-state index in [0.29, 0.717) is 35.4 Å². The van der Waals surface area contributed by atoms with Crippen LogP contribution in [0.5, 0.6) is 11.5 Å². The molecular formula is C23H28ClN3O4. The zero-order valence-electron chi connectivity index (χ0n) is 18.0. The van der Waals surface area contributed by atoms with E-state index in [1.165, 1.54) is 6.21 Å². The van der Waals surface area contributed by atoms with E-state index in [1.807, 2.05) is 39.0 Å². The summed E-state index contributed by atoms with van der Waals surface area (Å²) in [6, 6.07) is 10.7. The highest BCUT2D eigenvalue weighted by molar-refractivity contribution is 6.31. The number of nitrogens with one attached hydrogen (secondary N) is 2. The number of carbonyl (C=O) groups excluding carboxylic acids is 2. The number of aryl methyl sites for hydroxylation is 1. The predicted octanol–water partition coefficient (Wildman–Crippen LogP) is 4.70. The summed E-state index contributed by atoms with van der Waals surface area (Å²) in [5.74, 6) is 0.661. The Balaban J connectivity index is 1.82. The van der Waals surface area contributed by atoms with Gasteiger partial charge in [0, 0.05) is 23.6 Å². The first-order valence-corrected chi connectivity index (χ1v) is 10.6. The average molecular weight is 446 g/mol. The van der Waals surface area contributed by atoms with E-state index in [2.05, 4.69) is 15.8 Å². The molecule has 2 N–H and O–H groups in total. The average Bonchev–Trinajstić information content (AvgIpc) is 2.74. The number of anilines is 1. The lowest BCUT2D eigenvalue weighted by atomic mass is 10.2. The van der Waals surface area contributed by atoms with Crippen molar-refractivity contribution in [3.63, 3.8) is 0 Å². The van der Waals surface area contributed by atoms with Crippen molar-refractivity contribution in [2.75, 3.05) is 18.5 Å². The molecule has 0 saturated carbocycles. The summed E-state index contributed by atoms with van der Waals surface area (Å²) < 4.78 is 11.3. The van der Waals surface area contributed by atoms with Crippen LogP contribution in [0, 0.1) is 6.92 Å². The van der Waals surface area contributed by atoms with Crippen LogP contribution in [-0.2, 0) is 9.59 Å². The molecule has 0 unspecified atom stereocenters. The van der Waals surface area contributed by atoms with Crippen molar-refractivity contribution < 1.29 is 19.1 Å². The fourth-order valence-corrected chi connectivity index (χ4v) is 2.74. The topological polar surface area (TPSA) is 89.0 Å².